The molecule has 3 rings (SSSR count). The Kier molecular flexibility index (Phi) is 7.15. The molecule has 0 amide bonds. The molecule has 1 saturated carbocycles. The fraction of sp³-hybridized carbons (Fsp3) is 0.364. The number of nitrogens with zero attached hydrogens (tertiary/aromatic N) is 1. The van der Waals surface area contributed by atoms with Crippen molar-refractivity contribution in [3.63, 3.8) is 0 Å². The van der Waals surface area contributed by atoms with Crippen LogP contribution in [0.25, 0.3) is 0 Å². The lowest BCUT2D eigenvalue weighted by molar-refractivity contribution is -0.151. The van der Waals surface area contributed by atoms with Crippen LogP contribution in [-0.4, -0.2) is 48.5 Å². The quantitative estimate of drug-likeness (QED) is 0.564. The number of ether oxygens (including phenoxy) is 2. The lowest BCUT2D eigenvalue weighted by Crippen LogP contribution is -2.57. The van der Waals surface area contributed by atoms with Gasteiger partial charge < -0.3 is 14.6 Å². The van der Waals surface area contributed by atoms with Crippen molar-refractivity contribution in [3.8, 4) is 11.5 Å². The molecule has 1 fully saturated rings. The summed E-state index contributed by atoms with van der Waals surface area (Å²) in [5.41, 5.74) is -1.71. The summed E-state index contributed by atoms with van der Waals surface area (Å²) in [5, 5.41) is 9.91. The van der Waals surface area contributed by atoms with Crippen LogP contribution in [0, 0.1) is 5.82 Å². The highest BCUT2D eigenvalue weighted by molar-refractivity contribution is 7.89. The maximum absolute atomic E-state index is 13.4. The SMILES string of the molecule is CCOC(=O)CN(C1(C(=O)O)CCCC1)S(=O)(=O)c1ccc(Oc2ccc(F)cc2)cc1. The summed E-state index contributed by atoms with van der Waals surface area (Å²) >= 11 is 0. The molecule has 10 heteroatoms. The molecule has 0 radical (unpaired) electrons. The average molecular weight is 465 g/mol. The van der Waals surface area contributed by atoms with Gasteiger partial charge in [0, 0.05) is 0 Å². The van der Waals surface area contributed by atoms with Gasteiger partial charge in [-0.2, -0.15) is 4.31 Å². The molecule has 32 heavy (non-hydrogen) atoms. The summed E-state index contributed by atoms with van der Waals surface area (Å²) in [4.78, 5) is 24.1. The van der Waals surface area contributed by atoms with Gasteiger partial charge in [-0.15, -0.1) is 0 Å². The summed E-state index contributed by atoms with van der Waals surface area (Å²) in [7, 11) is -4.35. The second-order valence-corrected chi connectivity index (χ2v) is 9.25. The second-order valence-electron chi connectivity index (χ2n) is 7.39. The van der Waals surface area contributed by atoms with Gasteiger partial charge in [0.2, 0.25) is 10.0 Å². The first-order valence-electron chi connectivity index (χ1n) is 10.1. The number of carboxylic acids is 1. The first kappa shape index (κ1) is 23.7. The maximum atomic E-state index is 13.4. The molecule has 1 N–H and O–H groups in total. The Balaban J connectivity index is 1.92. The van der Waals surface area contributed by atoms with Crippen molar-refractivity contribution < 1.29 is 37.0 Å². The number of esters is 1. The van der Waals surface area contributed by atoms with Crippen molar-refractivity contribution in [2.24, 2.45) is 0 Å². The molecule has 0 aromatic heterocycles. The van der Waals surface area contributed by atoms with E-state index in [1.807, 2.05) is 0 Å². The van der Waals surface area contributed by atoms with E-state index in [1.165, 1.54) is 48.5 Å². The van der Waals surface area contributed by atoms with Crippen molar-refractivity contribution in [3.05, 3.63) is 54.3 Å². The molecule has 0 aliphatic heterocycles. The van der Waals surface area contributed by atoms with Crippen molar-refractivity contribution in [1.29, 1.82) is 0 Å². The van der Waals surface area contributed by atoms with Crippen molar-refractivity contribution in [1.82, 2.24) is 4.31 Å². The lowest BCUT2D eigenvalue weighted by Gasteiger charge is -2.36. The van der Waals surface area contributed by atoms with E-state index < -0.39 is 39.9 Å². The molecule has 0 atom stereocenters. The Morgan fingerprint density at radius 2 is 1.56 bits per heavy atom. The van der Waals surface area contributed by atoms with Crippen LogP contribution in [0.1, 0.15) is 32.6 Å². The Hall–Kier alpha value is -2.98. The maximum Gasteiger partial charge on any atom is 0.325 e. The van der Waals surface area contributed by atoms with Crippen molar-refractivity contribution in [2.45, 2.75) is 43.0 Å². The fourth-order valence-electron chi connectivity index (χ4n) is 3.77. The zero-order valence-corrected chi connectivity index (χ0v) is 18.3. The van der Waals surface area contributed by atoms with Crippen molar-refractivity contribution >= 4 is 22.0 Å². The number of sulfonamides is 1. The Bertz CT molecular complexity index is 1060. The molecule has 0 spiro atoms. The Morgan fingerprint density at radius 3 is 2.06 bits per heavy atom. The van der Waals surface area contributed by atoms with Gasteiger partial charge in [-0.25, -0.2) is 12.8 Å². The minimum Gasteiger partial charge on any atom is -0.480 e. The van der Waals surface area contributed by atoms with Crippen LogP contribution in [0.5, 0.6) is 11.5 Å². The molecule has 172 valence electrons. The molecule has 0 saturated heterocycles. The molecule has 1 aliphatic rings. The van der Waals surface area contributed by atoms with Crippen LogP contribution in [0.2, 0.25) is 0 Å². The predicted octanol–water partition coefficient (Wildman–Crippen LogP) is 3.57. The third kappa shape index (κ3) is 4.91. The van der Waals surface area contributed by atoms with Gasteiger partial charge in [0.05, 0.1) is 11.5 Å². The van der Waals surface area contributed by atoms with Crippen LogP contribution in [-0.2, 0) is 24.3 Å². The summed E-state index contributed by atoms with van der Waals surface area (Å²) in [6.45, 7) is 0.928. The van der Waals surface area contributed by atoms with Crippen LogP contribution in [0.3, 0.4) is 0 Å². The molecule has 0 bridgehead atoms. The van der Waals surface area contributed by atoms with Gasteiger partial charge in [0.1, 0.15) is 29.4 Å². The average Bonchev–Trinajstić information content (AvgIpc) is 3.25. The molecular weight excluding hydrogens is 441 g/mol. The monoisotopic (exact) mass is 465 g/mol. The van der Waals surface area contributed by atoms with E-state index in [-0.39, 0.29) is 24.3 Å². The standard InChI is InChI=1S/C22H24FNO7S/c1-2-30-20(25)15-24(22(21(26)27)13-3-4-14-22)32(28,29)19-11-9-18(10-12-19)31-17-7-5-16(23)6-8-17/h5-12H,2-4,13-15H2,1H3,(H,26,27). The molecule has 2 aromatic rings. The molecule has 2 aromatic carbocycles. The van der Waals surface area contributed by atoms with Gasteiger partial charge in [-0.05, 0) is 68.3 Å². The molecule has 0 unspecified atom stereocenters. The van der Waals surface area contributed by atoms with E-state index in [2.05, 4.69) is 0 Å². The summed E-state index contributed by atoms with van der Waals surface area (Å²) < 4.78 is 51.2. The number of hydrogen-bond acceptors (Lipinski definition) is 6. The van der Waals surface area contributed by atoms with E-state index in [0.29, 0.717) is 24.3 Å². The number of hydrogen-bond donors (Lipinski definition) is 1. The van der Waals surface area contributed by atoms with Gasteiger partial charge in [0.25, 0.3) is 0 Å². The second kappa shape index (κ2) is 9.66. The first-order chi connectivity index (χ1) is 15.2. The minimum atomic E-state index is -4.35. The van der Waals surface area contributed by atoms with E-state index in [9.17, 15) is 27.5 Å². The largest absolute Gasteiger partial charge is 0.480 e. The lowest BCUT2D eigenvalue weighted by atomic mass is 9.98. The van der Waals surface area contributed by atoms with Gasteiger partial charge in [-0.1, -0.05) is 12.8 Å². The van der Waals surface area contributed by atoms with E-state index in [0.717, 1.165) is 4.31 Å². The third-order valence-electron chi connectivity index (χ3n) is 5.35. The van der Waals surface area contributed by atoms with Crippen molar-refractivity contribution in [2.75, 3.05) is 13.2 Å². The summed E-state index contributed by atoms with van der Waals surface area (Å²) in [6.07, 6.45) is 1.27. The van der Waals surface area contributed by atoms with E-state index >= 15 is 0 Å². The number of carboxylic acid groups (broad SMARTS) is 1. The Morgan fingerprint density at radius 1 is 1.03 bits per heavy atom. The predicted molar refractivity (Wildman–Crippen MR) is 112 cm³/mol. The molecule has 8 nitrogen and oxygen atoms in total. The first-order valence-corrected chi connectivity index (χ1v) is 11.6. The smallest absolute Gasteiger partial charge is 0.325 e. The van der Waals surface area contributed by atoms with Gasteiger partial charge >= 0.3 is 11.9 Å². The van der Waals surface area contributed by atoms with Crippen LogP contribution >= 0.6 is 0 Å². The Labute approximate surface area is 185 Å². The van der Waals surface area contributed by atoms with Gasteiger partial charge in [0.15, 0.2) is 0 Å². The number of benzene rings is 2. The number of rotatable bonds is 9. The van der Waals surface area contributed by atoms with Gasteiger partial charge in [-0.3, -0.25) is 9.59 Å². The normalized spacial score (nSPS) is 15.5. The van der Waals surface area contributed by atoms with E-state index in [1.54, 1.807) is 6.92 Å². The zero-order chi connectivity index (χ0) is 23.4. The van der Waals surface area contributed by atoms with Crippen LogP contribution in [0.4, 0.5) is 4.39 Å². The van der Waals surface area contributed by atoms with E-state index in [4.69, 9.17) is 9.47 Å². The third-order valence-corrected chi connectivity index (χ3v) is 7.27. The molecule has 1 aliphatic carbocycles. The molecular formula is C22H24FNO7S. The highest BCUT2D eigenvalue weighted by Crippen LogP contribution is 2.39. The topological polar surface area (TPSA) is 110 Å². The number of carbonyl (C=O) groups is 2. The number of aliphatic carboxylic acids is 1. The molecule has 0 heterocycles. The number of carbonyl (C=O) groups excluding carboxylic acids is 1. The highest BCUT2D eigenvalue weighted by Gasteiger charge is 2.52. The summed E-state index contributed by atoms with van der Waals surface area (Å²) in [5.74, 6) is -1.86. The van der Waals surface area contributed by atoms with Crippen LogP contribution in [0.15, 0.2) is 53.4 Å². The zero-order valence-electron chi connectivity index (χ0n) is 17.5. The van der Waals surface area contributed by atoms with Crippen LogP contribution < -0.4 is 4.74 Å². The number of halogens is 1. The fourth-order valence-corrected chi connectivity index (χ4v) is 5.50. The highest BCUT2D eigenvalue weighted by atomic mass is 32.2. The minimum absolute atomic E-state index is 0.0439. The summed E-state index contributed by atoms with van der Waals surface area (Å²) in [6, 6.07) is 10.7.